The summed E-state index contributed by atoms with van der Waals surface area (Å²) in [5.74, 6) is -1.91. The largest absolute Gasteiger partial charge is 0.477 e. The van der Waals surface area contributed by atoms with E-state index >= 15 is 0 Å². The number of benzene rings is 2. The Morgan fingerprint density at radius 3 is 2.67 bits per heavy atom. The van der Waals surface area contributed by atoms with E-state index in [-0.39, 0.29) is 23.2 Å². The zero-order valence-electron chi connectivity index (χ0n) is 15.6. The Balaban J connectivity index is 1.65. The monoisotopic (exact) mass is 442 g/mol. The van der Waals surface area contributed by atoms with Crippen molar-refractivity contribution in [1.29, 1.82) is 0 Å². The Morgan fingerprint density at radius 2 is 1.97 bits per heavy atom. The van der Waals surface area contributed by atoms with Crippen LogP contribution in [0, 0.1) is 5.82 Å². The summed E-state index contributed by atoms with van der Waals surface area (Å²) in [6.45, 7) is 0.585. The predicted octanol–water partition coefficient (Wildman–Crippen LogP) is 5.17. The van der Waals surface area contributed by atoms with Crippen LogP contribution in [-0.2, 0) is 13.1 Å². The Labute approximate surface area is 180 Å². The molecule has 0 atom stereocenters. The first kappa shape index (κ1) is 20.1. The van der Waals surface area contributed by atoms with E-state index in [0.717, 1.165) is 4.88 Å². The summed E-state index contributed by atoms with van der Waals surface area (Å²) in [6.07, 6.45) is 0. The lowest BCUT2D eigenvalue weighted by molar-refractivity contribution is 0.0686. The maximum absolute atomic E-state index is 13.8. The summed E-state index contributed by atoms with van der Waals surface area (Å²) in [6, 6.07) is 14.7. The summed E-state index contributed by atoms with van der Waals surface area (Å²) in [5, 5.41) is 15.0. The SMILES string of the molecule is O=C(NCc1cccs1)c1ccc2c(c1)cc(C(=O)O)n2Cc1ccc(Cl)c(F)c1. The number of carboxylic acids is 1. The third-order valence-corrected chi connectivity index (χ3v) is 5.89. The molecule has 0 unspecified atom stereocenters. The van der Waals surface area contributed by atoms with E-state index in [2.05, 4.69) is 5.32 Å². The highest BCUT2D eigenvalue weighted by Gasteiger charge is 2.17. The highest BCUT2D eigenvalue weighted by molar-refractivity contribution is 7.09. The molecule has 2 aromatic carbocycles. The molecule has 2 N–H and O–H groups in total. The second-order valence-electron chi connectivity index (χ2n) is 6.70. The van der Waals surface area contributed by atoms with E-state index < -0.39 is 11.8 Å². The van der Waals surface area contributed by atoms with Crippen molar-refractivity contribution >= 4 is 45.7 Å². The molecule has 152 valence electrons. The number of nitrogens with one attached hydrogen (secondary N) is 1. The average Bonchev–Trinajstić information content (AvgIpc) is 3.36. The minimum atomic E-state index is -1.11. The van der Waals surface area contributed by atoms with Crippen LogP contribution in [-0.4, -0.2) is 21.6 Å². The molecule has 5 nitrogen and oxygen atoms in total. The molecule has 4 rings (SSSR count). The van der Waals surface area contributed by atoms with Crippen LogP contribution in [0.1, 0.15) is 31.3 Å². The van der Waals surface area contributed by atoms with Crippen molar-refractivity contribution in [2.45, 2.75) is 13.1 Å². The fourth-order valence-electron chi connectivity index (χ4n) is 3.26. The van der Waals surface area contributed by atoms with Gasteiger partial charge in [0, 0.05) is 27.9 Å². The van der Waals surface area contributed by atoms with E-state index in [4.69, 9.17) is 11.6 Å². The quantitative estimate of drug-likeness (QED) is 0.432. The van der Waals surface area contributed by atoms with Gasteiger partial charge in [0.1, 0.15) is 11.5 Å². The van der Waals surface area contributed by atoms with Crippen LogP contribution in [0.2, 0.25) is 5.02 Å². The number of aromatic nitrogens is 1. The number of halogens is 2. The lowest BCUT2D eigenvalue weighted by Gasteiger charge is -2.10. The molecule has 0 bridgehead atoms. The van der Waals surface area contributed by atoms with E-state index in [1.807, 2.05) is 17.5 Å². The van der Waals surface area contributed by atoms with Crippen LogP contribution < -0.4 is 5.32 Å². The highest BCUT2D eigenvalue weighted by atomic mass is 35.5. The molecule has 4 aromatic rings. The van der Waals surface area contributed by atoms with Gasteiger partial charge in [0.15, 0.2) is 0 Å². The predicted molar refractivity (Wildman–Crippen MR) is 115 cm³/mol. The molecule has 0 aliphatic carbocycles. The first-order valence-electron chi connectivity index (χ1n) is 9.03. The maximum atomic E-state index is 13.8. The van der Waals surface area contributed by atoms with Crippen molar-refractivity contribution < 1.29 is 19.1 Å². The average molecular weight is 443 g/mol. The van der Waals surface area contributed by atoms with Crippen molar-refractivity contribution in [3.05, 3.63) is 92.5 Å². The van der Waals surface area contributed by atoms with Crippen molar-refractivity contribution in [2.24, 2.45) is 0 Å². The lowest BCUT2D eigenvalue weighted by Crippen LogP contribution is -2.22. The number of hydrogen-bond acceptors (Lipinski definition) is 3. The minimum absolute atomic E-state index is 0.00720. The van der Waals surface area contributed by atoms with Crippen molar-refractivity contribution in [2.75, 3.05) is 0 Å². The van der Waals surface area contributed by atoms with E-state index in [1.54, 1.807) is 40.2 Å². The fourth-order valence-corrected chi connectivity index (χ4v) is 4.02. The summed E-state index contributed by atoms with van der Waals surface area (Å²) in [5.41, 5.74) is 1.70. The topological polar surface area (TPSA) is 71.3 Å². The Bertz CT molecular complexity index is 1250. The minimum Gasteiger partial charge on any atom is -0.477 e. The number of carboxylic acid groups (broad SMARTS) is 1. The first-order chi connectivity index (χ1) is 14.4. The molecule has 0 aliphatic rings. The van der Waals surface area contributed by atoms with Gasteiger partial charge in [0.2, 0.25) is 0 Å². The van der Waals surface area contributed by atoms with Crippen LogP contribution >= 0.6 is 22.9 Å². The lowest BCUT2D eigenvalue weighted by atomic mass is 10.1. The van der Waals surface area contributed by atoms with Gasteiger partial charge in [0.25, 0.3) is 5.91 Å². The summed E-state index contributed by atoms with van der Waals surface area (Å²) in [4.78, 5) is 25.3. The van der Waals surface area contributed by atoms with Gasteiger partial charge in [-0.25, -0.2) is 9.18 Å². The van der Waals surface area contributed by atoms with Crippen LogP contribution in [0.3, 0.4) is 0 Å². The molecule has 2 aromatic heterocycles. The molecule has 30 heavy (non-hydrogen) atoms. The zero-order chi connectivity index (χ0) is 21.3. The molecule has 0 saturated carbocycles. The van der Waals surface area contributed by atoms with Gasteiger partial charge in [0.05, 0.1) is 11.6 Å². The molecule has 8 heteroatoms. The van der Waals surface area contributed by atoms with Gasteiger partial charge in [-0.15, -0.1) is 11.3 Å². The highest BCUT2D eigenvalue weighted by Crippen LogP contribution is 2.24. The van der Waals surface area contributed by atoms with Crippen molar-refractivity contribution in [3.63, 3.8) is 0 Å². The fraction of sp³-hybridized carbons (Fsp3) is 0.0909. The summed E-state index contributed by atoms with van der Waals surface area (Å²) < 4.78 is 15.4. The first-order valence-corrected chi connectivity index (χ1v) is 10.3. The smallest absolute Gasteiger partial charge is 0.352 e. The number of thiophene rings is 1. The van der Waals surface area contributed by atoms with Crippen molar-refractivity contribution in [3.8, 4) is 0 Å². The summed E-state index contributed by atoms with van der Waals surface area (Å²) >= 11 is 7.29. The standard InChI is InChI=1S/C22H16ClFN2O3S/c23-17-5-3-13(8-18(17)24)12-26-19-6-4-14(9-15(19)10-20(26)22(28)29)21(27)25-11-16-2-1-7-30-16/h1-10H,11-12H2,(H,25,27)(H,28,29). The Kier molecular flexibility index (Phi) is 5.57. The van der Waals surface area contributed by atoms with Gasteiger partial charge in [-0.3, -0.25) is 4.79 Å². The molecule has 0 fully saturated rings. The van der Waals surface area contributed by atoms with Crippen LogP contribution in [0.4, 0.5) is 4.39 Å². The Hall–Kier alpha value is -3.16. The third kappa shape index (κ3) is 4.08. The number of fused-ring (bicyclic) bond motifs is 1. The van der Waals surface area contributed by atoms with Gasteiger partial charge >= 0.3 is 5.97 Å². The number of carbonyl (C=O) groups is 2. The maximum Gasteiger partial charge on any atom is 0.352 e. The number of carbonyl (C=O) groups excluding carboxylic acids is 1. The van der Waals surface area contributed by atoms with Gasteiger partial charge in [-0.2, -0.15) is 0 Å². The molecule has 0 spiro atoms. The number of amides is 1. The zero-order valence-corrected chi connectivity index (χ0v) is 17.1. The van der Waals surface area contributed by atoms with E-state index in [9.17, 15) is 19.1 Å². The van der Waals surface area contributed by atoms with E-state index in [1.165, 1.54) is 18.2 Å². The molecule has 1 amide bonds. The van der Waals surface area contributed by atoms with Gasteiger partial charge < -0.3 is 15.0 Å². The van der Waals surface area contributed by atoms with Crippen LogP contribution in [0.25, 0.3) is 10.9 Å². The molecule has 0 radical (unpaired) electrons. The van der Waals surface area contributed by atoms with E-state index in [0.29, 0.717) is 28.6 Å². The second kappa shape index (κ2) is 8.30. The van der Waals surface area contributed by atoms with Crippen LogP contribution in [0.5, 0.6) is 0 Å². The molecule has 0 aliphatic heterocycles. The number of hydrogen-bond donors (Lipinski definition) is 2. The van der Waals surface area contributed by atoms with Crippen molar-refractivity contribution in [1.82, 2.24) is 9.88 Å². The van der Waals surface area contributed by atoms with Gasteiger partial charge in [-0.05, 0) is 53.4 Å². The number of nitrogens with zero attached hydrogens (tertiary/aromatic N) is 1. The van der Waals surface area contributed by atoms with Gasteiger partial charge in [-0.1, -0.05) is 23.7 Å². The molecule has 2 heterocycles. The van der Waals surface area contributed by atoms with Crippen LogP contribution in [0.15, 0.2) is 60.0 Å². The number of rotatable bonds is 6. The molecule has 0 saturated heterocycles. The Morgan fingerprint density at radius 1 is 1.13 bits per heavy atom. The second-order valence-corrected chi connectivity index (χ2v) is 8.14. The number of aromatic carboxylic acids is 1. The summed E-state index contributed by atoms with van der Waals surface area (Å²) in [7, 11) is 0. The normalized spacial score (nSPS) is 11.0. The molecular formula is C22H16ClFN2O3S. The third-order valence-electron chi connectivity index (χ3n) is 4.71. The molecular weight excluding hydrogens is 427 g/mol.